The second-order valence-electron chi connectivity index (χ2n) is 3.19. The molecule has 0 unspecified atom stereocenters. The van der Waals surface area contributed by atoms with Crippen molar-refractivity contribution in [3.8, 4) is 0 Å². The van der Waals surface area contributed by atoms with Gasteiger partial charge in [0, 0.05) is 12.7 Å². The van der Waals surface area contributed by atoms with Gasteiger partial charge in [-0.05, 0) is 19.1 Å². The van der Waals surface area contributed by atoms with Crippen molar-refractivity contribution < 1.29 is 27.5 Å². The molecule has 0 bridgehead atoms. The molecule has 0 aromatic carbocycles. The number of alkyl halides is 3. The van der Waals surface area contributed by atoms with Gasteiger partial charge in [0.05, 0.1) is 0 Å². The maximum Gasteiger partial charge on any atom is 0.491 e. The van der Waals surface area contributed by atoms with Crippen molar-refractivity contribution in [2.24, 2.45) is 0 Å². The Labute approximate surface area is 98.8 Å². The monoisotopic (exact) mass is 263 g/mol. The Kier molecular flexibility index (Phi) is 3.89. The van der Waals surface area contributed by atoms with E-state index in [9.17, 15) is 27.6 Å². The second kappa shape index (κ2) is 5.03. The molecule has 0 fully saturated rings. The van der Waals surface area contributed by atoms with Gasteiger partial charge in [-0.1, -0.05) is 0 Å². The van der Waals surface area contributed by atoms with Gasteiger partial charge in [-0.3, -0.25) is 4.79 Å². The molecule has 0 radical (unpaired) electrons. The second-order valence-corrected chi connectivity index (χ2v) is 3.19. The summed E-state index contributed by atoms with van der Waals surface area (Å²) in [4.78, 5) is 33.2. The van der Waals surface area contributed by atoms with Crippen molar-refractivity contribution in [2.45, 2.75) is 19.6 Å². The summed E-state index contributed by atoms with van der Waals surface area (Å²) >= 11 is 0. The quantitative estimate of drug-likeness (QED) is 0.592. The van der Waals surface area contributed by atoms with E-state index < -0.39 is 29.2 Å². The molecule has 0 aliphatic rings. The minimum atomic E-state index is -5.28. The van der Waals surface area contributed by atoms with E-state index >= 15 is 0 Å². The number of halogens is 3. The van der Waals surface area contributed by atoms with Crippen LogP contribution in [-0.4, -0.2) is 22.7 Å². The molecule has 18 heavy (non-hydrogen) atoms. The normalized spacial score (nSPS) is 11.1. The smallest absolute Gasteiger partial charge is 0.382 e. The first-order valence-electron chi connectivity index (χ1n) is 4.80. The number of carbonyl (C=O) groups is 2. The SMILES string of the molecule is CCn1cccc(C(=O)OC(=O)C(F)(F)F)c1=O. The van der Waals surface area contributed by atoms with Crippen molar-refractivity contribution in [3.05, 3.63) is 34.2 Å². The molecule has 0 aliphatic carbocycles. The lowest BCUT2D eigenvalue weighted by Crippen LogP contribution is -2.32. The van der Waals surface area contributed by atoms with E-state index in [1.807, 2.05) is 0 Å². The van der Waals surface area contributed by atoms with Gasteiger partial charge < -0.3 is 9.30 Å². The fourth-order valence-corrected chi connectivity index (χ4v) is 1.14. The summed E-state index contributed by atoms with van der Waals surface area (Å²) in [6.45, 7) is 1.84. The predicted octanol–water partition coefficient (Wildman–Crippen LogP) is 1.11. The molecule has 0 spiro atoms. The molecule has 1 aromatic rings. The maximum atomic E-state index is 11.9. The molecule has 1 rings (SSSR count). The summed E-state index contributed by atoms with van der Waals surface area (Å²) in [7, 11) is 0. The summed E-state index contributed by atoms with van der Waals surface area (Å²) in [6, 6.07) is 2.28. The van der Waals surface area contributed by atoms with Gasteiger partial charge in [0.2, 0.25) is 0 Å². The zero-order valence-electron chi connectivity index (χ0n) is 9.15. The Bertz CT molecular complexity index is 533. The Morgan fingerprint density at radius 1 is 1.39 bits per heavy atom. The predicted molar refractivity (Wildman–Crippen MR) is 52.9 cm³/mol. The topological polar surface area (TPSA) is 65.4 Å². The molecule has 1 aromatic heterocycles. The van der Waals surface area contributed by atoms with Gasteiger partial charge in [0.1, 0.15) is 5.56 Å². The van der Waals surface area contributed by atoms with Crippen LogP contribution in [0.3, 0.4) is 0 Å². The molecule has 98 valence electrons. The number of aryl methyl sites for hydroxylation is 1. The van der Waals surface area contributed by atoms with E-state index in [1.54, 1.807) is 6.92 Å². The Morgan fingerprint density at radius 3 is 2.50 bits per heavy atom. The third-order valence-electron chi connectivity index (χ3n) is 2.00. The number of rotatable bonds is 2. The molecule has 0 amide bonds. The first-order valence-corrected chi connectivity index (χ1v) is 4.80. The lowest BCUT2D eigenvalue weighted by Gasteiger charge is -2.06. The minimum Gasteiger partial charge on any atom is -0.382 e. The van der Waals surface area contributed by atoms with Crippen molar-refractivity contribution in [2.75, 3.05) is 0 Å². The molecule has 0 N–H and O–H groups in total. The number of carbonyl (C=O) groups excluding carboxylic acids is 2. The lowest BCUT2D eigenvalue weighted by molar-refractivity contribution is -0.193. The largest absolute Gasteiger partial charge is 0.491 e. The van der Waals surface area contributed by atoms with Crippen LogP contribution < -0.4 is 5.56 Å². The number of pyridine rings is 1. The summed E-state index contributed by atoms with van der Waals surface area (Å²) in [6.07, 6.45) is -3.93. The summed E-state index contributed by atoms with van der Waals surface area (Å²) in [5.41, 5.74) is -1.45. The average molecular weight is 263 g/mol. The summed E-state index contributed by atoms with van der Waals surface area (Å²) in [5.74, 6) is -4.27. The highest BCUT2D eigenvalue weighted by atomic mass is 19.4. The number of nitrogens with zero attached hydrogens (tertiary/aromatic N) is 1. The van der Waals surface area contributed by atoms with Crippen molar-refractivity contribution in [1.29, 1.82) is 0 Å². The van der Waals surface area contributed by atoms with Crippen LogP contribution in [0.4, 0.5) is 13.2 Å². The lowest BCUT2D eigenvalue weighted by atomic mass is 10.3. The van der Waals surface area contributed by atoms with Gasteiger partial charge in [-0.15, -0.1) is 0 Å². The van der Waals surface area contributed by atoms with Gasteiger partial charge >= 0.3 is 18.1 Å². The highest BCUT2D eigenvalue weighted by Gasteiger charge is 2.42. The molecule has 0 atom stereocenters. The van der Waals surface area contributed by atoms with Crippen LogP contribution in [0.2, 0.25) is 0 Å². The molecule has 0 saturated heterocycles. The number of hydrogen-bond donors (Lipinski definition) is 0. The summed E-state index contributed by atoms with van der Waals surface area (Å²) < 4.78 is 40.2. The van der Waals surface area contributed by atoms with E-state index in [1.165, 1.54) is 12.3 Å². The van der Waals surface area contributed by atoms with Crippen LogP contribution in [0.5, 0.6) is 0 Å². The molecule has 5 nitrogen and oxygen atoms in total. The number of aromatic nitrogens is 1. The number of hydrogen-bond acceptors (Lipinski definition) is 4. The van der Waals surface area contributed by atoms with Gasteiger partial charge in [-0.2, -0.15) is 13.2 Å². The fraction of sp³-hybridized carbons (Fsp3) is 0.300. The molecule has 0 saturated carbocycles. The third-order valence-corrected chi connectivity index (χ3v) is 2.00. The highest BCUT2D eigenvalue weighted by Crippen LogP contribution is 2.17. The Hall–Kier alpha value is -2.12. The van der Waals surface area contributed by atoms with E-state index in [2.05, 4.69) is 4.74 Å². The van der Waals surface area contributed by atoms with Crippen molar-refractivity contribution >= 4 is 11.9 Å². The van der Waals surface area contributed by atoms with Crippen LogP contribution >= 0.6 is 0 Å². The van der Waals surface area contributed by atoms with Crippen LogP contribution in [0, 0.1) is 0 Å². The molecule has 1 heterocycles. The van der Waals surface area contributed by atoms with Gasteiger partial charge in [-0.25, -0.2) is 9.59 Å². The van der Waals surface area contributed by atoms with Crippen LogP contribution in [0.1, 0.15) is 17.3 Å². The van der Waals surface area contributed by atoms with Crippen LogP contribution in [-0.2, 0) is 16.1 Å². The van der Waals surface area contributed by atoms with E-state index in [-0.39, 0.29) is 6.54 Å². The maximum absolute atomic E-state index is 11.9. The molecular formula is C10H8F3NO4. The highest BCUT2D eigenvalue weighted by molar-refractivity contribution is 5.97. The van der Waals surface area contributed by atoms with Crippen molar-refractivity contribution in [3.63, 3.8) is 0 Å². The molecule has 0 aliphatic heterocycles. The first kappa shape index (κ1) is 13.9. The standard InChI is InChI=1S/C10H8F3NO4/c1-2-14-5-3-4-6(7(14)15)8(16)18-9(17)10(11,12)13/h3-5H,2H2,1H3. The zero-order valence-corrected chi connectivity index (χ0v) is 9.15. The van der Waals surface area contributed by atoms with Crippen LogP contribution in [0.25, 0.3) is 0 Å². The summed E-state index contributed by atoms with van der Waals surface area (Å²) in [5, 5.41) is 0. The minimum absolute atomic E-state index is 0.229. The molecule has 8 heteroatoms. The average Bonchev–Trinajstić information content (AvgIpc) is 2.27. The van der Waals surface area contributed by atoms with E-state index in [0.717, 1.165) is 10.6 Å². The van der Waals surface area contributed by atoms with Gasteiger partial charge in [0.15, 0.2) is 0 Å². The zero-order chi connectivity index (χ0) is 13.9. The Morgan fingerprint density at radius 2 is 2.00 bits per heavy atom. The number of esters is 2. The van der Waals surface area contributed by atoms with E-state index in [0.29, 0.717) is 0 Å². The fourth-order valence-electron chi connectivity index (χ4n) is 1.14. The third kappa shape index (κ3) is 2.96. The van der Waals surface area contributed by atoms with Gasteiger partial charge in [0.25, 0.3) is 5.56 Å². The number of ether oxygens (including phenoxy) is 1. The van der Waals surface area contributed by atoms with Crippen LogP contribution in [0.15, 0.2) is 23.1 Å². The molecular weight excluding hydrogens is 255 g/mol. The van der Waals surface area contributed by atoms with E-state index in [4.69, 9.17) is 0 Å². The first-order chi connectivity index (χ1) is 8.27. The Balaban J connectivity index is 3.00. The van der Waals surface area contributed by atoms with Crippen molar-refractivity contribution in [1.82, 2.24) is 4.57 Å².